The zero-order valence-corrected chi connectivity index (χ0v) is 17.8. The van der Waals surface area contributed by atoms with E-state index in [-0.39, 0.29) is 0 Å². The number of benzene rings is 1. The second kappa shape index (κ2) is 12.3. The minimum Gasteiger partial charge on any atom is -0.479 e. The van der Waals surface area contributed by atoms with Crippen LogP contribution in [0.25, 0.3) is 0 Å². The van der Waals surface area contributed by atoms with Gasteiger partial charge in [-0.05, 0) is 44.9 Å². The minimum absolute atomic E-state index is 0.349. The molecule has 0 heterocycles. The normalized spacial score (nSPS) is 12.9. The topological polar surface area (TPSA) is 71.1 Å². The van der Waals surface area contributed by atoms with Crippen LogP contribution in [-0.4, -0.2) is 44.0 Å². The fraction of sp³-hybridized carbons (Fsp3) is 0.619. The first-order chi connectivity index (χ1) is 12.7. The molecule has 0 amide bonds. The van der Waals surface area contributed by atoms with Crippen LogP contribution in [0.1, 0.15) is 53.5 Å². The summed E-state index contributed by atoms with van der Waals surface area (Å²) in [4.78, 5) is 23.8. The molecule has 27 heavy (non-hydrogen) atoms. The maximum atomic E-state index is 12.1. The molecule has 0 saturated heterocycles. The van der Waals surface area contributed by atoms with E-state index in [2.05, 4.69) is 0 Å². The summed E-state index contributed by atoms with van der Waals surface area (Å²) in [7, 11) is 2.77. The Bertz CT molecular complexity index is 582. The summed E-state index contributed by atoms with van der Waals surface area (Å²) in [6.45, 7) is 11.3. The lowest BCUT2D eigenvalue weighted by molar-refractivity contribution is -0.164. The molecule has 0 saturated carbocycles. The summed E-state index contributed by atoms with van der Waals surface area (Å²) in [5.41, 5.74) is 0.312. The predicted octanol–water partition coefficient (Wildman–Crippen LogP) is 3.94. The van der Waals surface area contributed by atoms with Crippen LogP contribution in [-0.2, 0) is 30.2 Å². The van der Waals surface area contributed by atoms with Gasteiger partial charge in [0.15, 0.2) is 12.2 Å². The molecule has 2 atom stereocenters. The van der Waals surface area contributed by atoms with Crippen LogP contribution in [0.2, 0.25) is 0 Å². The highest BCUT2D eigenvalue weighted by Gasteiger charge is 2.25. The fourth-order valence-electron chi connectivity index (χ4n) is 2.03. The second-order valence-corrected chi connectivity index (χ2v) is 6.39. The van der Waals surface area contributed by atoms with Crippen LogP contribution in [0, 0.1) is 0 Å². The number of hydrogen-bond donors (Lipinski definition) is 0. The Morgan fingerprint density at radius 2 is 1.74 bits per heavy atom. The molecule has 0 aliphatic carbocycles. The lowest BCUT2D eigenvalue weighted by atomic mass is 10.1. The fourth-order valence-corrected chi connectivity index (χ4v) is 2.03. The third-order valence-electron chi connectivity index (χ3n) is 3.94. The maximum Gasteiger partial charge on any atom is 0.347 e. The molecule has 1 aromatic rings. The van der Waals surface area contributed by atoms with E-state index >= 15 is 0 Å². The molecular weight excluding hydrogens is 348 g/mol. The quantitative estimate of drug-likeness (QED) is 0.603. The van der Waals surface area contributed by atoms with E-state index in [9.17, 15) is 9.59 Å². The lowest BCUT2D eigenvalue weighted by Gasteiger charge is -2.25. The smallest absolute Gasteiger partial charge is 0.347 e. The first-order valence-electron chi connectivity index (χ1n) is 9.31. The van der Waals surface area contributed by atoms with Crippen molar-refractivity contribution in [1.82, 2.24) is 0 Å². The van der Waals surface area contributed by atoms with Crippen LogP contribution in [0.3, 0.4) is 0 Å². The minimum atomic E-state index is -0.736. The van der Waals surface area contributed by atoms with E-state index in [0.29, 0.717) is 18.6 Å². The van der Waals surface area contributed by atoms with Crippen LogP contribution >= 0.6 is 0 Å². The van der Waals surface area contributed by atoms with E-state index < -0.39 is 29.7 Å². The average molecular weight is 382 g/mol. The van der Waals surface area contributed by atoms with Crippen LogP contribution in [0.15, 0.2) is 24.3 Å². The van der Waals surface area contributed by atoms with Gasteiger partial charge < -0.3 is 18.9 Å². The molecule has 1 rings (SSSR count). The van der Waals surface area contributed by atoms with E-state index in [1.54, 1.807) is 25.1 Å². The van der Waals surface area contributed by atoms with Gasteiger partial charge in [0.1, 0.15) is 11.4 Å². The van der Waals surface area contributed by atoms with Crippen molar-refractivity contribution in [3.8, 4) is 5.75 Å². The van der Waals surface area contributed by atoms with Gasteiger partial charge in [0.2, 0.25) is 0 Å². The molecular formula is C21H34O6. The second-order valence-electron chi connectivity index (χ2n) is 6.39. The number of hydrogen-bond acceptors (Lipinski definition) is 6. The van der Waals surface area contributed by atoms with E-state index in [0.717, 1.165) is 5.56 Å². The van der Waals surface area contributed by atoms with Gasteiger partial charge in [-0.15, -0.1) is 0 Å². The van der Waals surface area contributed by atoms with Gasteiger partial charge >= 0.3 is 11.9 Å². The molecule has 0 radical (unpaired) electrons. The van der Waals surface area contributed by atoms with Crippen molar-refractivity contribution in [2.24, 2.45) is 0 Å². The summed E-state index contributed by atoms with van der Waals surface area (Å²) in [6.07, 6.45) is -0.359. The molecule has 6 nitrogen and oxygen atoms in total. The Morgan fingerprint density at radius 3 is 2.26 bits per heavy atom. The Labute approximate surface area is 163 Å². The number of carbonyl (C=O) groups excluding carboxylic acids is 2. The van der Waals surface area contributed by atoms with Gasteiger partial charge in [0, 0.05) is 13.5 Å². The zero-order valence-electron chi connectivity index (χ0n) is 17.8. The summed E-state index contributed by atoms with van der Waals surface area (Å²) in [5, 5.41) is 0. The SMILES string of the molecule is CC.CCC(C)(C)OC(=O)C(C)Oc1cccc(CC(OC)C(=O)OC)c1. The van der Waals surface area contributed by atoms with Crippen molar-refractivity contribution in [3.63, 3.8) is 0 Å². The van der Waals surface area contributed by atoms with Gasteiger partial charge in [-0.3, -0.25) is 0 Å². The van der Waals surface area contributed by atoms with Crippen molar-refractivity contribution in [2.75, 3.05) is 14.2 Å². The molecule has 1 aromatic carbocycles. The van der Waals surface area contributed by atoms with Gasteiger partial charge in [-0.1, -0.05) is 32.9 Å². The van der Waals surface area contributed by atoms with Crippen LogP contribution in [0.5, 0.6) is 5.75 Å². The zero-order chi connectivity index (χ0) is 21.0. The van der Waals surface area contributed by atoms with Crippen molar-refractivity contribution in [1.29, 1.82) is 0 Å². The van der Waals surface area contributed by atoms with Gasteiger partial charge in [-0.2, -0.15) is 0 Å². The monoisotopic (exact) mass is 382 g/mol. The van der Waals surface area contributed by atoms with E-state index in [4.69, 9.17) is 18.9 Å². The highest BCUT2D eigenvalue weighted by Crippen LogP contribution is 2.19. The molecule has 0 bridgehead atoms. The summed E-state index contributed by atoms with van der Waals surface area (Å²) < 4.78 is 21.0. The van der Waals surface area contributed by atoms with Crippen molar-refractivity contribution in [3.05, 3.63) is 29.8 Å². The summed E-state index contributed by atoms with van der Waals surface area (Å²) in [5.74, 6) is -0.329. The Kier molecular flexibility index (Phi) is 11.4. The van der Waals surface area contributed by atoms with Gasteiger partial charge in [0.25, 0.3) is 0 Å². The largest absolute Gasteiger partial charge is 0.479 e. The highest BCUT2D eigenvalue weighted by molar-refractivity contribution is 5.75. The van der Waals surface area contributed by atoms with Gasteiger partial charge in [-0.25, -0.2) is 9.59 Å². The van der Waals surface area contributed by atoms with E-state index in [1.807, 2.05) is 40.7 Å². The van der Waals surface area contributed by atoms with E-state index in [1.165, 1.54) is 14.2 Å². The molecule has 6 heteroatoms. The Balaban J connectivity index is 0.00000326. The summed E-state index contributed by atoms with van der Waals surface area (Å²) in [6, 6.07) is 7.16. The maximum absolute atomic E-state index is 12.1. The van der Waals surface area contributed by atoms with Crippen LogP contribution < -0.4 is 4.74 Å². The molecule has 0 aliphatic rings. The third-order valence-corrected chi connectivity index (χ3v) is 3.94. The molecule has 0 spiro atoms. The summed E-state index contributed by atoms with van der Waals surface area (Å²) >= 11 is 0. The Hall–Kier alpha value is -2.08. The Morgan fingerprint density at radius 1 is 1.11 bits per heavy atom. The molecule has 0 N–H and O–H groups in total. The number of methoxy groups -OCH3 is 2. The standard InChI is InChI=1S/C19H28O6.C2H6/c1-7-19(3,4)25-17(20)13(2)24-15-10-8-9-14(11-15)12-16(22-5)18(21)23-6;1-2/h8-11,13,16H,7,12H2,1-6H3;1-2H3. The average Bonchev–Trinajstić information content (AvgIpc) is 2.67. The number of carbonyl (C=O) groups is 2. The third kappa shape index (κ3) is 8.91. The van der Waals surface area contributed by atoms with Crippen molar-refractivity contribution in [2.45, 2.75) is 72.2 Å². The number of rotatable bonds is 9. The number of esters is 2. The molecule has 2 unspecified atom stereocenters. The first-order valence-corrected chi connectivity index (χ1v) is 9.31. The van der Waals surface area contributed by atoms with Gasteiger partial charge in [0.05, 0.1) is 7.11 Å². The molecule has 0 fully saturated rings. The number of ether oxygens (including phenoxy) is 4. The highest BCUT2D eigenvalue weighted by atomic mass is 16.6. The van der Waals surface area contributed by atoms with Crippen molar-refractivity contribution < 1.29 is 28.5 Å². The van der Waals surface area contributed by atoms with Crippen LogP contribution in [0.4, 0.5) is 0 Å². The molecule has 154 valence electrons. The molecule has 0 aliphatic heterocycles. The molecule has 0 aromatic heterocycles. The predicted molar refractivity (Wildman–Crippen MR) is 105 cm³/mol. The first kappa shape index (κ1) is 24.9. The van der Waals surface area contributed by atoms with Crippen molar-refractivity contribution >= 4 is 11.9 Å². The lowest BCUT2D eigenvalue weighted by Crippen LogP contribution is -2.34.